The third-order valence-corrected chi connectivity index (χ3v) is 6.20. The third-order valence-electron chi connectivity index (χ3n) is 6.20. The molecule has 0 atom stereocenters. The van der Waals surface area contributed by atoms with Crippen LogP contribution in [0, 0.1) is 24.0 Å². The number of hydrogen-bond acceptors (Lipinski definition) is 9. The van der Waals surface area contributed by atoms with Crippen molar-refractivity contribution in [2.24, 2.45) is 0 Å². The molecule has 0 aliphatic carbocycles. The number of carbonyl (C=O) groups excluding carboxylic acids is 2. The summed E-state index contributed by atoms with van der Waals surface area (Å²) in [6.07, 6.45) is -1.51. The minimum Gasteiger partial charge on any atom is -0.428 e. The average molecular weight is 629 g/mol. The van der Waals surface area contributed by atoms with E-state index in [4.69, 9.17) is 24.7 Å². The molecular weight excluding hydrogens is 588 g/mol. The first-order chi connectivity index (χ1) is 21.4. The Labute approximate surface area is 269 Å². The zero-order chi connectivity index (χ0) is 34.2. The summed E-state index contributed by atoms with van der Waals surface area (Å²) in [5.74, 6) is 0.746. The van der Waals surface area contributed by atoms with Crippen LogP contribution in [0.3, 0.4) is 0 Å². The van der Waals surface area contributed by atoms with Crippen molar-refractivity contribution in [3.63, 3.8) is 0 Å². The number of benzene rings is 4. The number of nitro benzene ring substituents is 1. The van der Waals surface area contributed by atoms with Gasteiger partial charge in [-0.1, -0.05) is 48.5 Å². The SMILES string of the molecule is Cc1ccc(-c2cccc(OC(=O)OC(C)(C)C)c2)cc1N.Cc1ccc(-c2cccc(OC(=O)OC(C)(C)C)c2)cc1[N+](=O)[O-]. The minimum atomic E-state index is -0.797. The van der Waals surface area contributed by atoms with Crippen LogP contribution in [0.5, 0.6) is 11.5 Å². The first-order valence-corrected chi connectivity index (χ1v) is 14.5. The van der Waals surface area contributed by atoms with Crippen LogP contribution in [-0.4, -0.2) is 28.4 Å². The van der Waals surface area contributed by atoms with E-state index in [1.807, 2.05) is 37.3 Å². The molecule has 10 heteroatoms. The van der Waals surface area contributed by atoms with Crippen molar-refractivity contribution in [2.75, 3.05) is 5.73 Å². The van der Waals surface area contributed by atoms with Crippen LogP contribution in [0.2, 0.25) is 0 Å². The summed E-state index contributed by atoms with van der Waals surface area (Å²) in [6.45, 7) is 14.3. The summed E-state index contributed by atoms with van der Waals surface area (Å²) < 4.78 is 20.6. The first-order valence-electron chi connectivity index (χ1n) is 14.5. The summed E-state index contributed by atoms with van der Waals surface area (Å²) in [5.41, 5.74) is 10.4. The zero-order valence-corrected chi connectivity index (χ0v) is 27.4. The maximum Gasteiger partial charge on any atom is 0.514 e. The van der Waals surface area contributed by atoms with Crippen LogP contribution < -0.4 is 15.2 Å². The van der Waals surface area contributed by atoms with Crippen molar-refractivity contribution in [3.8, 4) is 33.8 Å². The Balaban J connectivity index is 0.000000251. The van der Waals surface area contributed by atoms with Crippen LogP contribution in [0.15, 0.2) is 84.9 Å². The van der Waals surface area contributed by atoms with E-state index in [0.717, 1.165) is 22.4 Å². The van der Waals surface area contributed by atoms with E-state index in [0.29, 0.717) is 28.2 Å². The number of hydrogen-bond donors (Lipinski definition) is 1. The number of ether oxygens (including phenoxy) is 4. The standard InChI is InChI=1S/C18H19NO5.C18H21NO3/c1-12-8-9-14(11-16(12)19(21)22)13-6-5-7-15(10-13)23-17(20)24-18(2,3)4;1-12-8-9-14(11-16(12)19)13-6-5-7-15(10-13)21-17(20)22-18(2,3)4/h5-11H,1-4H3;5-11H,19H2,1-4H3. The van der Waals surface area contributed by atoms with E-state index in [1.165, 1.54) is 6.07 Å². The van der Waals surface area contributed by atoms with Gasteiger partial charge in [-0.05, 0) is 114 Å². The predicted molar refractivity (Wildman–Crippen MR) is 178 cm³/mol. The molecule has 0 heterocycles. The van der Waals surface area contributed by atoms with Gasteiger partial charge in [0, 0.05) is 17.3 Å². The lowest BCUT2D eigenvalue weighted by Crippen LogP contribution is -2.25. The van der Waals surface area contributed by atoms with Gasteiger partial charge in [0.2, 0.25) is 0 Å². The molecule has 0 spiro atoms. The lowest BCUT2D eigenvalue weighted by atomic mass is 10.0. The second-order valence-corrected chi connectivity index (χ2v) is 12.5. The lowest BCUT2D eigenvalue weighted by molar-refractivity contribution is -0.385. The van der Waals surface area contributed by atoms with Gasteiger partial charge in [0.15, 0.2) is 0 Å². The van der Waals surface area contributed by atoms with Gasteiger partial charge >= 0.3 is 12.3 Å². The van der Waals surface area contributed by atoms with Gasteiger partial charge in [-0.3, -0.25) is 10.1 Å². The van der Waals surface area contributed by atoms with Gasteiger partial charge in [-0.15, -0.1) is 0 Å². The molecule has 0 unspecified atom stereocenters. The molecule has 0 aliphatic rings. The van der Waals surface area contributed by atoms with E-state index in [9.17, 15) is 19.7 Å². The largest absolute Gasteiger partial charge is 0.514 e. The Morgan fingerprint density at radius 2 is 1.04 bits per heavy atom. The van der Waals surface area contributed by atoms with Gasteiger partial charge in [0.1, 0.15) is 22.7 Å². The van der Waals surface area contributed by atoms with E-state index >= 15 is 0 Å². The fraction of sp³-hybridized carbons (Fsp3) is 0.278. The Morgan fingerprint density at radius 3 is 1.46 bits per heavy atom. The summed E-state index contributed by atoms with van der Waals surface area (Å²) in [4.78, 5) is 34.1. The van der Waals surface area contributed by atoms with Crippen molar-refractivity contribution >= 4 is 23.7 Å². The van der Waals surface area contributed by atoms with Crippen molar-refractivity contribution in [1.82, 2.24) is 0 Å². The summed E-state index contributed by atoms with van der Waals surface area (Å²) in [7, 11) is 0. The highest BCUT2D eigenvalue weighted by Gasteiger charge is 2.19. The fourth-order valence-electron chi connectivity index (χ4n) is 4.02. The Morgan fingerprint density at radius 1 is 0.630 bits per heavy atom. The molecule has 0 saturated heterocycles. The number of anilines is 1. The number of rotatable bonds is 5. The number of aryl methyl sites for hydroxylation is 2. The molecule has 0 aliphatic heterocycles. The van der Waals surface area contributed by atoms with Gasteiger partial charge in [-0.2, -0.15) is 0 Å². The zero-order valence-electron chi connectivity index (χ0n) is 27.4. The highest BCUT2D eigenvalue weighted by atomic mass is 16.7. The highest BCUT2D eigenvalue weighted by molar-refractivity contribution is 5.72. The van der Waals surface area contributed by atoms with Gasteiger partial charge < -0.3 is 24.7 Å². The fourth-order valence-corrected chi connectivity index (χ4v) is 4.02. The first kappa shape index (κ1) is 35.1. The minimum absolute atomic E-state index is 0.0472. The molecule has 10 nitrogen and oxygen atoms in total. The Hall–Kier alpha value is -5.38. The molecule has 0 saturated carbocycles. The smallest absolute Gasteiger partial charge is 0.428 e. The van der Waals surface area contributed by atoms with Crippen LogP contribution in [0.25, 0.3) is 22.3 Å². The van der Waals surface area contributed by atoms with Crippen LogP contribution >= 0.6 is 0 Å². The number of nitrogen functional groups attached to an aromatic ring is 1. The Bertz CT molecular complexity index is 1720. The van der Waals surface area contributed by atoms with Crippen molar-refractivity contribution in [2.45, 2.75) is 66.6 Å². The maximum absolute atomic E-state index is 11.7. The third kappa shape index (κ3) is 11.0. The second kappa shape index (κ2) is 14.6. The summed E-state index contributed by atoms with van der Waals surface area (Å²) >= 11 is 0. The molecule has 0 bridgehead atoms. The lowest BCUT2D eigenvalue weighted by Gasteiger charge is -2.18. The number of nitro groups is 1. The molecule has 0 amide bonds. The van der Waals surface area contributed by atoms with Crippen molar-refractivity contribution < 1.29 is 33.5 Å². The summed E-state index contributed by atoms with van der Waals surface area (Å²) in [5, 5.41) is 11.1. The summed E-state index contributed by atoms with van der Waals surface area (Å²) in [6, 6.07) is 24.8. The maximum atomic E-state index is 11.7. The number of nitrogens with two attached hydrogens (primary N) is 1. The molecule has 4 aromatic rings. The van der Waals surface area contributed by atoms with Crippen molar-refractivity contribution in [1.29, 1.82) is 0 Å². The second-order valence-electron chi connectivity index (χ2n) is 12.5. The Kier molecular flexibility index (Phi) is 11.1. The van der Waals surface area contributed by atoms with Gasteiger partial charge in [0.05, 0.1) is 4.92 Å². The average Bonchev–Trinajstić information content (AvgIpc) is 2.93. The molecule has 4 aromatic carbocycles. The molecule has 4 rings (SSSR count). The molecule has 46 heavy (non-hydrogen) atoms. The topological polar surface area (TPSA) is 140 Å². The van der Waals surface area contributed by atoms with Crippen LogP contribution in [0.1, 0.15) is 52.7 Å². The number of nitrogens with zero attached hydrogens (tertiary/aromatic N) is 1. The predicted octanol–water partition coefficient (Wildman–Crippen LogP) is 9.44. The van der Waals surface area contributed by atoms with Gasteiger partial charge in [0.25, 0.3) is 5.69 Å². The molecule has 2 N–H and O–H groups in total. The number of carbonyl (C=O) groups is 2. The van der Waals surface area contributed by atoms with Gasteiger partial charge in [-0.25, -0.2) is 9.59 Å². The van der Waals surface area contributed by atoms with E-state index < -0.39 is 28.4 Å². The van der Waals surface area contributed by atoms with E-state index in [1.54, 1.807) is 97.0 Å². The normalized spacial score (nSPS) is 11.0. The quantitative estimate of drug-likeness (QED) is 0.0752. The molecular formula is C36H40N2O8. The monoisotopic (exact) mass is 628 g/mol. The van der Waals surface area contributed by atoms with E-state index in [-0.39, 0.29) is 5.69 Å². The molecule has 242 valence electrons. The molecule has 0 radical (unpaired) electrons. The van der Waals surface area contributed by atoms with E-state index in [2.05, 4.69) is 0 Å². The van der Waals surface area contributed by atoms with Crippen molar-refractivity contribution in [3.05, 3.63) is 106 Å². The molecule has 0 aromatic heterocycles. The van der Waals surface area contributed by atoms with Crippen LogP contribution in [0.4, 0.5) is 21.0 Å². The molecule has 0 fully saturated rings. The van der Waals surface area contributed by atoms with Crippen LogP contribution in [-0.2, 0) is 9.47 Å². The highest BCUT2D eigenvalue weighted by Crippen LogP contribution is 2.30.